The predicted molar refractivity (Wildman–Crippen MR) is 189 cm³/mol. The van der Waals surface area contributed by atoms with E-state index in [2.05, 4.69) is 31.7 Å². The Bertz CT molecular complexity index is 1810. The third-order valence-electron chi connectivity index (χ3n) is 6.66. The normalized spacial score (nSPS) is 11.3. The van der Waals surface area contributed by atoms with Gasteiger partial charge in [-0.3, -0.25) is 30.0 Å². The van der Waals surface area contributed by atoms with Gasteiger partial charge in [-0.25, -0.2) is 0 Å². The van der Waals surface area contributed by atoms with E-state index in [9.17, 15) is 19.2 Å². The summed E-state index contributed by atoms with van der Waals surface area (Å²) in [4.78, 5) is 50.1. The van der Waals surface area contributed by atoms with Gasteiger partial charge in [0, 0.05) is 13.8 Å². The molecule has 4 rings (SSSR count). The minimum Gasteiger partial charge on any atom is -0.495 e. The van der Waals surface area contributed by atoms with Crippen LogP contribution in [0.4, 0.5) is 22.7 Å². The molecular weight excluding hydrogens is 659 g/mol. The summed E-state index contributed by atoms with van der Waals surface area (Å²) in [7, 11) is 2.93. The summed E-state index contributed by atoms with van der Waals surface area (Å²) in [5.74, 6) is -1.75. The third-order valence-corrected chi connectivity index (χ3v) is 7.28. The van der Waals surface area contributed by atoms with Crippen LogP contribution in [0.15, 0.2) is 95.1 Å². The number of carbonyl (C=O) groups is 4. The molecule has 0 fully saturated rings. The number of rotatable bonds is 13. The van der Waals surface area contributed by atoms with Crippen LogP contribution >= 0.6 is 23.2 Å². The summed E-state index contributed by atoms with van der Waals surface area (Å²) in [5.41, 5.74) is 7.43. The summed E-state index contributed by atoms with van der Waals surface area (Å²) < 4.78 is 10.5. The third kappa shape index (κ3) is 8.75. The number of nitrogens with zero attached hydrogens (tertiary/aromatic N) is 2. The monoisotopic (exact) mass is 688 g/mol. The molecule has 0 bridgehead atoms. The van der Waals surface area contributed by atoms with Crippen LogP contribution in [-0.2, 0) is 19.2 Å². The molecule has 0 radical (unpaired) electrons. The van der Waals surface area contributed by atoms with Crippen LogP contribution in [0, 0.1) is 0 Å². The van der Waals surface area contributed by atoms with Gasteiger partial charge < -0.3 is 20.1 Å². The molecule has 0 unspecified atom stereocenters. The van der Waals surface area contributed by atoms with Crippen LogP contribution in [0.2, 0.25) is 10.0 Å². The number of benzene rings is 4. The van der Waals surface area contributed by atoms with Crippen molar-refractivity contribution in [3.8, 4) is 22.6 Å². The lowest BCUT2D eigenvalue weighted by Gasteiger charge is -2.12. The highest BCUT2D eigenvalue weighted by Gasteiger charge is 2.20. The standard InChI is InChI=1S/C34H30Cl2N6O6/c1-19(43)31(33(45)37-27-9-5-7-11-29(27)47-3)41-39-25-15-13-21(17-23(25)35)22-14-16-26(24(36)18-22)40-42-32(20(2)44)34(46)38-28-10-6-8-12-30(28)48-4/h5-18,39-40H,1-4H3,(H,37,45)(H,38,46)/b41-31+,42-32+. The van der Waals surface area contributed by atoms with Gasteiger partial charge in [-0.1, -0.05) is 59.6 Å². The van der Waals surface area contributed by atoms with Crippen LogP contribution in [-0.4, -0.2) is 49.0 Å². The molecule has 4 aromatic carbocycles. The first-order valence-electron chi connectivity index (χ1n) is 14.2. The van der Waals surface area contributed by atoms with Crippen molar-refractivity contribution in [1.82, 2.24) is 0 Å². The van der Waals surface area contributed by atoms with E-state index in [1.807, 2.05) is 0 Å². The van der Waals surface area contributed by atoms with Crippen LogP contribution < -0.4 is 31.0 Å². The predicted octanol–water partition coefficient (Wildman–Crippen LogP) is 6.67. The van der Waals surface area contributed by atoms with Crippen molar-refractivity contribution in [3.63, 3.8) is 0 Å². The zero-order chi connectivity index (χ0) is 34.8. The number of ether oxygens (including phenoxy) is 2. The first kappa shape index (κ1) is 35.1. The van der Waals surface area contributed by atoms with E-state index in [0.29, 0.717) is 45.4 Å². The van der Waals surface area contributed by atoms with E-state index >= 15 is 0 Å². The lowest BCUT2D eigenvalue weighted by molar-refractivity contribution is -0.116. The maximum Gasteiger partial charge on any atom is 0.279 e. The fourth-order valence-electron chi connectivity index (χ4n) is 4.24. The Hall–Kier alpha value is -5.72. The van der Waals surface area contributed by atoms with Gasteiger partial charge in [0.2, 0.25) is 0 Å². The topological polar surface area (TPSA) is 160 Å². The number of hydrogen-bond donors (Lipinski definition) is 4. The van der Waals surface area contributed by atoms with Crippen molar-refractivity contribution in [3.05, 3.63) is 95.0 Å². The average molecular weight is 690 g/mol. The molecule has 0 aliphatic heterocycles. The van der Waals surface area contributed by atoms with Gasteiger partial charge >= 0.3 is 0 Å². The summed E-state index contributed by atoms with van der Waals surface area (Å²) >= 11 is 13.0. The number of hydrazone groups is 2. The highest BCUT2D eigenvalue weighted by atomic mass is 35.5. The minimum absolute atomic E-state index is 0.249. The van der Waals surface area contributed by atoms with E-state index < -0.39 is 23.4 Å². The molecule has 48 heavy (non-hydrogen) atoms. The molecular formula is C34H30Cl2N6O6. The lowest BCUT2D eigenvalue weighted by Crippen LogP contribution is -2.29. The van der Waals surface area contributed by atoms with Gasteiger partial charge in [0.15, 0.2) is 23.0 Å². The first-order valence-corrected chi connectivity index (χ1v) is 15.0. The van der Waals surface area contributed by atoms with Crippen molar-refractivity contribution >= 4 is 80.8 Å². The van der Waals surface area contributed by atoms with Gasteiger partial charge in [0.05, 0.1) is 47.0 Å². The van der Waals surface area contributed by atoms with Crippen LogP contribution in [0.5, 0.6) is 11.5 Å². The van der Waals surface area contributed by atoms with Gasteiger partial charge in [-0.15, -0.1) is 0 Å². The molecule has 0 aliphatic rings. The maximum atomic E-state index is 12.8. The zero-order valence-electron chi connectivity index (χ0n) is 26.2. The van der Waals surface area contributed by atoms with Crippen molar-refractivity contribution < 1.29 is 28.7 Å². The number of Topliss-reactive ketones (excluding diaryl/α,β-unsaturated/α-hetero) is 2. The van der Waals surface area contributed by atoms with Gasteiger partial charge in [-0.05, 0) is 59.7 Å². The molecule has 0 aromatic heterocycles. The summed E-state index contributed by atoms with van der Waals surface area (Å²) in [6.45, 7) is 2.44. The fourth-order valence-corrected chi connectivity index (χ4v) is 4.69. The number of amides is 2. The Morgan fingerprint density at radius 3 is 1.27 bits per heavy atom. The quantitative estimate of drug-likeness (QED) is 0.0688. The van der Waals surface area contributed by atoms with Gasteiger partial charge in [0.1, 0.15) is 11.5 Å². The van der Waals surface area contributed by atoms with Crippen molar-refractivity contribution in [1.29, 1.82) is 0 Å². The second-order valence-corrected chi connectivity index (χ2v) is 10.8. The Morgan fingerprint density at radius 2 is 0.938 bits per heavy atom. The minimum atomic E-state index is -0.729. The molecule has 0 heterocycles. The molecule has 0 saturated heterocycles. The Labute approximate surface area is 286 Å². The molecule has 0 saturated carbocycles. The second kappa shape index (κ2) is 16.2. The van der Waals surface area contributed by atoms with E-state index in [4.69, 9.17) is 32.7 Å². The average Bonchev–Trinajstić information content (AvgIpc) is 3.06. The first-order chi connectivity index (χ1) is 23.0. The molecule has 0 aliphatic carbocycles. The summed E-state index contributed by atoms with van der Waals surface area (Å²) in [5, 5.41) is 13.7. The van der Waals surface area contributed by atoms with E-state index in [-0.39, 0.29) is 21.5 Å². The van der Waals surface area contributed by atoms with Crippen LogP contribution in [0.3, 0.4) is 0 Å². The molecule has 246 valence electrons. The molecule has 12 nitrogen and oxygen atoms in total. The Morgan fingerprint density at radius 1 is 0.562 bits per heavy atom. The highest BCUT2D eigenvalue weighted by Crippen LogP contribution is 2.33. The summed E-state index contributed by atoms with van der Waals surface area (Å²) in [6, 6.07) is 23.5. The second-order valence-electron chi connectivity index (χ2n) is 9.95. The van der Waals surface area contributed by atoms with Crippen LogP contribution in [0.1, 0.15) is 13.8 Å². The maximum absolute atomic E-state index is 12.8. The van der Waals surface area contributed by atoms with E-state index in [1.165, 1.54) is 28.1 Å². The molecule has 0 spiro atoms. The van der Waals surface area contributed by atoms with Crippen molar-refractivity contribution in [2.75, 3.05) is 35.7 Å². The van der Waals surface area contributed by atoms with Crippen molar-refractivity contribution in [2.45, 2.75) is 13.8 Å². The van der Waals surface area contributed by atoms with Gasteiger partial charge in [-0.2, -0.15) is 10.2 Å². The Balaban J connectivity index is 1.47. The van der Waals surface area contributed by atoms with Crippen molar-refractivity contribution in [2.24, 2.45) is 10.2 Å². The fraction of sp³-hybridized carbons (Fsp3) is 0.118. The number of methoxy groups -OCH3 is 2. The number of ketones is 2. The molecule has 2 amide bonds. The molecule has 0 atom stereocenters. The molecule has 4 aromatic rings. The SMILES string of the molecule is COc1ccccc1NC(=O)/C(=N/Nc1ccc(-c2ccc(N/N=C(\C(C)=O)C(=O)Nc3ccccc3OC)c(Cl)c2)cc1Cl)C(C)=O. The lowest BCUT2D eigenvalue weighted by atomic mass is 10.0. The van der Waals surface area contributed by atoms with E-state index in [1.54, 1.807) is 84.9 Å². The Kier molecular flexibility index (Phi) is 11.9. The zero-order valence-corrected chi connectivity index (χ0v) is 27.7. The number of nitrogens with one attached hydrogen (secondary N) is 4. The number of carbonyl (C=O) groups excluding carboxylic acids is 4. The highest BCUT2D eigenvalue weighted by molar-refractivity contribution is 6.67. The van der Waals surface area contributed by atoms with Gasteiger partial charge in [0.25, 0.3) is 11.8 Å². The summed E-state index contributed by atoms with van der Waals surface area (Å²) in [6.07, 6.45) is 0. The number of hydrogen-bond acceptors (Lipinski definition) is 10. The van der Waals surface area contributed by atoms with E-state index in [0.717, 1.165) is 0 Å². The van der Waals surface area contributed by atoms with Crippen LogP contribution in [0.25, 0.3) is 11.1 Å². The smallest absolute Gasteiger partial charge is 0.279 e. The largest absolute Gasteiger partial charge is 0.495 e. The number of para-hydroxylation sites is 4. The number of halogens is 2. The number of anilines is 4. The molecule has 14 heteroatoms. The molecule has 4 N–H and O–H groups in total.